The maximum Gasteiger partial charge on any atom is 0.0824 e. The van der Waals surface area contributed by atoms with E-state index in [0.29, 0.717) is 18.7 Å². The highest BCUT2D eigenvalue weighted by Crippen LogP contribution is 2.21. The molecule has 0 aliphatic carbocycles. The fourth-order valence-corrected chi connectivity index (χ4v) is 2.19. The highest BCUT2D eigenvalue weighted by molar-refractivity contribution is 4.83. The van der Waals surface area contributed by atoms with Gasteiger partial charge in [-0.05, 0) is 19.4 Å². The standard InChI is InChI=1S/C9H18N2O/c10-5-9-6-11-4-2-1-3-8(11)7-12-9/h8-9H,1-7,10H2/t8-,9+/m0/s1. The Hall–Kier alpha value is -0.120. The van der Waals surface area contributed by atoms with Gasteiger partial charge in [-0.15, -0.1) is 0 Å². The van der Waals surface area contributed by atoms with E-state index in [2.05, 4.69) is 4.90 Å². The van der Waals surface area contributed by atoms with E-state index in [1.54, 1.807) is 0 Å². The molecule has 2 N–H and O–H groups in total. The Morgan fingerprint density at radius 2 is 2.33 bits per heavy atom. The Bertz CT molecular complexity index is 151. The molecular formula is C9H18N2O. The van der Waals surface area contributed by atoms with Crippen molar-refractivity contribution >= 4 is 0 Å². The zero-order valence-corrected chi connectivity index (χ0v) is 7.54. The first kappa shape index (κ1) is 8.48. The number of piperidine rings is 1. The van der Waals surface area contributed by atoms with Gasteiger partial charge in [-0.3, -0.25) is 4.90 Å². The molecule has 12 heavy (non-hydrogen) atoms. The minimum absolute atomic E-state index is 0.291. The van der Waals surface area contributed by atoms with Crippen LogP contribution in [-0.4, -0.2) is 43.3 Å². The zero-order valence-electron chi connectivity index (χ0n) is 7.54. The number of hydrogen-bond acceptors (Lipinski definition) is 3. The lowest BCUT2D eigenvalue weighted by Gasteiger charge is -2.42. The molecule has 0 radical (unpaired) electrons. The highest BCUT2D eigenvalue weighted by atomic mass is 16.5. The first-order valence-corrected chi connectivity index (χ1v) is 4.96. The topological polar surface area (TPSA) is 38.5 Å². The van der Waals surface area contributed by atoms with E-state index in [4.69, 9.17) is 10.5 Å². The minimum Gasteiger partial charge on any atom is -0.374 e. The van der Waals surface area contributed by atoms with Gasteiger partial charge in [-0.25, -0.2) is 0 Å². The summed E-state index contributed by atoms with van der Waals surface area (Å²) in [7, 11) is 0. The van der Waals surface area contributed by atoms with Crippen molar-refractivity contribution in [2.24, 2.45) is 5.73 Å². The number of ether oxygens (including phenoxy) is 1. The summed E-state index contributed by atoms with van der Waals surface area (Å²) in [6.07, 6.45) is 4.34. The second-order valence-electron chi connectivity index (χ2n) is 3.84. The van der Waals surface area contributed by atoms with Gasteiger partial charge in [0.2, 0.25) is 0 Å². The highest BCUT2D eigenvalue weighted by Gasteiger charge is 2.29. The number of hydrogen-bond donors (Lipinski definition) is 1. The fourth-order valence-electron chi connectivity index (χ4n) is 2.19. The lowest BCUT2D eigenvalue weighted by molar-refractivity contribution is -0.0704. The molecule has 0 aromatic heterocycles. The van der Waals surface area contributed by atoms with E-state index in [1.807, 2.05) is 0 Å². The average molecular weight is 170 g/mol. The molecule has 2 aliphatic heterocycles. The molecular weight excluding hydrogens is 152 g/mol. The molecule has 70 valence electrons. The van der Waals surface area contributed by atoms with Crippen molar-refractivity contribution in [3.8, 4) is 0 Å². The SMILES string of the molecule is NC[C@@H]1CN2CCCC[C@H]2CO1. The van der Waals surface area contributed by atoms with Crippen LogP contribution in [0.2, 0.25) is 0 Å². The quantitative estimate of drug-likeness (QED) is 0.611. The molecule has 0 spiro atoms. The summed E-state index contributed by atoms with van der Waals surface area (Å²) in [5.41, 5.74) is 5.57. The molecule has 0 unspecified atom stereocenters. The van der Waals surface area contributed by atoms with E-state index >= 15 is 0 Å². The van der Waals surface area contributed by atoms with Crippen molar-refractivity contribution in [3.63, 3.8) is 0 Å². The largest absolute Gasteiger partial charge is 0.374 e. The number of morpholine rings is 1. The van der Waals surface area contributed by atoms with Gasteiger partial charge >= 0.3 is 0 Å². The van der Waals surface area contributed by atoms with E-state index in [9.17, 15) is 0 Å². The molecule has 3 heteroatoms. The monoisotopic (exact) mass is 170 g/mol. The number of rotatable bonds is 1. The van der Waals surface area contributed by atoms with Gasteiger partial charge in [-0.2, -0.15) is 0 Å². The number of fused-ring (bicyclic) bond motifs is 1. The molecule has 2 saturated heterocycles. The van der Waals surface area contributed by atoms with Crippen LogP contribution in [0.1, 0.15) is 19.3 Å². The van der Waals surface area contributed by atoms with Gasteiger partial charge in [0.1, 0.15) is 0 Å². The van der Waals surface area contributed by atoms with Gasteiger partial charge < -0.3 is 10.5 Å². The second-order valence-corrected chi connectivity index (χ2v) is 3.84. The molecule has 0 aromatic carbocycles. The van der Waals surface area contributed by atoms with Crippen LogP contribution >= 0.6 is 0 Å². The molecule has 2 atom stereocenters. The third-order valence-corrected chi connectivity index (χ3v) is 2.97. The van der Waals surface area contributed by atoms with Gasteiger partial charge in [0.05, 0.1) is 12.7 Å². The Labute approximate surface area is 73.9 Å². The van der Waals surface area contributed by atoms with Gasteiger partial charge in [0.25, 0.3) is 0 Å². The lowest BCUT2D eigenvalue weighted by atomic mass is 10.0. The Morgan fingerprint density at radius 1 is 1.42 bits per heavy atom. The maximum absolute atomic E-state index is 5.63. The van der Waals surface area contributed by atoms with Crippen LogP contribution < -0.4 is 5.73 Å². The molecule has 2 aliphatic rings. The van der Waals surface area contributed by atoms with E-state index in [-0.39, 0.29) is 0 Å². The van der Waals surface area contributed by atoms with Gasteiger partial charge in [-0.1, -0.05) is 6.42 Å². The predicted octanol–water partition coefficient (Wildman–Crippen LogP) is 0.198. The third-order valence-electron chi connectivity index (χ3n) is 2.97. The molecule has 0 saturated carbocycles. The summed E-state index contributed by atoms with van der Waals surface area (Å²) in [4.78, 5) is 2.55. The van der Waals surface area contributed by atoms with Crippen molar-refractivity contribution in [1.82, 2.24) is 4.90 Å². The normalized spacial score (nSPS) is 37.8. The molecule has 2 rings (SSSR count). The zero-order chi connectivity index (χ0) is 8.39. The van der Waals surface area contributed by atoms with Crippen LogP contribution in [0.4, 0.5) is 0 Å². The molecule has 0 aromatic rings. The van der Waals surface area contributed by atoms with Crippen molar-refractivity contribution in [3.05, 3.63) is 0 Å². The van der Waals surface area contributed by atoms with Gasteiger partial charge in [0.15, 0.2) is 0 Å². The van der Waals surface area contributed by atoms with Crippen molar-refractivity contribution in [2.45, 2.75) is 31.4 Å². The number of nitrogens with two attached hydrogens (primary N) is 1. The molecule has 2 heterocycles. The van der Waals surface area contributed by atoms with Crippen LogP contribution in [0.15, 0.2) is 0 Å². The van der Waals surface area contributed by atoms with Crippen molar-refractivity contribution < 1.29 is 4.74 Å². The molecule has 3 nitrogen and oxygen atoms in total. The summed E-state index contributed by atoms with van der Waals surface area (Å²) in [5.74, 6) is 0. The third kappa shape index (κ3) is 1.63. The first-order chi connectivity index (χ1) is 5.90. The maximum atomic E-state index is 5.63. The van der Waals surface area contributed by atoms with E-state index in [1.165, 1.54) is 25.8 Å². The molecule has 0 bridgehead atoms. The summed E-state index contributed by atoms with van der Waals surface area (Å²) >= 11 is 0. The van der Waals surface area contributed by atoms with E-state index in [0.717, 1.165) is 13.2 Å². The first-order valence-electron chi connectivity index (χ1n) is 4.96. The average Bonchev–Trinajstić information content (AvgIpc) is 2.17. The predicted molar refractivity (Wildman–Crippen MR) is 48.0 cm³/mol. The number of nitrogens with zero attached hydrogens (tertiary/aromatic N) is 1. The van der Waals surface area contributed by atoms with Crippen LogP contribution in [0.3, 0.4) is 0 Å². The van der Waals surface area contributed by atoms with Crippen molar-refractivity contribution in [1.29, 1.82) is 0 Å². The van der Waals surface area contributed by atoms with Gasteiger partial charge in [0, 0.05) is 19.1 Å². The van der Waals surface area contributed by atoms with E-state index < -0.39 is 0 Å². The molecule has 0 amide bonds. The summed E-state index contributed by atoms with van der Waals surface area (Å²) in [6, 6.07) is 0.696. The Kier molecular flexibility index (Phi) is 2.63. The summed E-state index contributed by atoms with van der Waals surface area (Å²) in [6.45, 7) is 3.89. The lowest BCUT2D eigenvalue weighted by Crippen LogP contribution is -2.53. The van der Waals surface area contributed by atoms with Crippen LogP contribution in [0, 0.1) is 0 Å². The molecule has 2 fully saturated rings. The summed E-state index contributed by atoms with van der Waals surface area (Å²) < 4.78 is 5.63. The Balaban J connectivity index is 1.90. The van der Waals surface area contributed by atoms with Crippen LogP contribution in [0.5, 0.6) is 0 Å². The smallest absolute Gasteiger partial charge is 0.0824 e. The second kappa shape index (κ2) is 3.73. The van der Waals surface area contributed by atoms with Crippen LogP contribution in [0.25, 0.3) is 0 Å². The minimum atomic E-state index is 0.291. The van der Waals surface area contributed by atoms with Crippen molar-refractivity contribution in [2.75, 3.05) is 26.2 Å². The fraction of sp³-hybridized carbons (Fsp3) is 1.00. The Morgan fingerprint density at radius 3 is 3.17 bits per heavy atom. The summed E-state index contributed by atoms with van der Waals surface area (Å²) in [5, 5.41) is 0. The van der Waals surface area contributed by atoms with Crippen LogP contribution in [-0.2, 0) is 4.74 Å².